The highest BCUT2D eigenvalue weighted by Gasteiger charge is 2.02. The van der Waals surface area contributed by atoms with Crippen molar-refractivity contribution in [2.75, 3.05) is 5.32 Å². The predicted octanol–water partition coefficient (Wildman–Crippen LogP) is 4.36. The normalized spacial score (nSPS) is 10.8. The van der Waals surface area contributed by atoms with E-state index in [1.54, 1.807) is 0 Å². The second kappa shape index (κ2) is 5.23. The summed E-state index contributed by atoms with van der Waals surface area (Å²) >= 11 is 9.43. The molecule has 5 heteroatoms. The Hall–Kier alpha value is -1.52. The number of aromatic nitrogens is 2. The van der Waals surface area contributed by atoms with Crippen LogP contribution in [0.5, 0.6) is 0 Å². The van der Waals surface area contributed by atoms with Gasteiger partial charge in [-0.3, -0.25) is 0 Å². The van der Waals surface area contributed by atoms with Gasteiger partial charge in [0.2, 0.25) is 0 Å². The van der Waals surface area contributed by atoms with Crippen molar-refractivity contribution in [3.05, 3.63) is 64.0 Å². The van der Waals surface area contributed by atoms with Crippen LogP contribution >= 0.6 is 27.5 Å². The van der Waals surface area contributed by atoms with Crippen molar-refractivity contribution in [2.24, 2.45) is 0 Å². The molecule has 0 atom stereocenters. The zero-order valence-electron chi connectivity index (χ0n) is 9.98. The lowest BCUT2D eigenvalue weighted by atomic mass is 10.3. The van der Waals surface area contributed by atoms with E-state index in [9.17, 15) is 0 Å². The zero-order valence-corrected chi connectivity index (χ0v) is 12.3. The van der Waals surface area contributed by atoms with Crippen LogP contribution in [0, 0.1) is 0 Å². The SMILES string of the molecule is Clc1cc(NCc2cn3ccccc3n2)ccc1Br. The second-order valence-electron chi connectivity index (χ2n) is 4.18. The molecule has 0 aliphatic rings. The smallest absolute Gasteiger partial charge is 0.137 e. The Morgan fingerprint density at radius 2 is 2.16 bits per heavy atom. The average molecular weight is 337 g/mol. The standard InChI is InChI=1S/C14H11BrClN3/c15-12-5-4-10(7-13(12)16)17-8-11-9-19-6-2-1-3-14(19)18-11/h1-7,9,17H,8H2. The summed E-state index contributed by atoms with van der Waals surface area (Å²) in [5.41, 5.74) is 2.92. The molecule has 1 N–H and O–H groups in total. The molecule has 0 amide bonds. The predicted molar refractivity (Wildman–Crippen MR) is 81.7 cm³/mol. The lowest BCUT2D eigenvalue weighted by Gasteiger charge is -2.05. The number of fused-ring (bicyclic) bond motifs is 1. The minimum atomic E-state index is 0.666. The Morgan fingerprint density at radius 3 is 2.95 bits per heavy atom. The van der Waals surface area contributed by atoms with E-state index in [-0.39, 0.29) is 0 Å². The maximum absolute atomic E-state index is 6.05. The summed E-state index contributed by atoms with van der Waals surface area (Å²) in [6.45, 7) is 0.666. The van der Waals surface area contributed by atoms with E-state index >= 15 is 0 Å². The molecule has 0 unspecified atom stereocenters. The van der Waals surface area contributed by atoms with Crippen LogP contribution in [-0.2, 0) is 6.54 Å². The van der Waals surface area contributed by atoms with E-state index in [1.165, 1.54) is 0 Å². The summed E-state index contributed by atoms with van der Waals surface area (Å²) in [5, 5.41) is 4.00. The van der Waals surface area contributed by atoms with Gasteiger partial charge in [0, 0.05) is 22.6 Å². The molecule has 0 aliphatic carbocycles. The largest absolute Gasteiger partial charge is 0.379 e. The molecule has 0 bridgehead atoms. The molecular formula is C14H11BrClN3. The minimum Gasteiger partial charge on any atom is -0.379 e. The Kier molecular flexibility index (Phi) is 3.44. The van der Waals surface area contributed by atoms with Crippen molar-refractivity contribution in [1.29, 1.82) is 0 Å². The summed E-state index contributed by atoms with van der Waals surface area (Å²) in [5.74, 6) is 0. The Labute approximate surface area is 124 Å². The molecule has 3 aromatic rings. The van der Waals surface area contributed by atoms with E-state index in [0.717, 1.165) is 21.5 Å². The van der Waals surface area contributed by atoms with Gasteiger partial charge in [0.1, 0.15) is 5.65 Å². The fourth-order valence-electron chi connectivity index (χ4n) is 1.87. The lowest BCUT2D eigenvalue weighted by molar-refractivity contribution is 1.08. The van der Waals surface area contributed by atoms with E-state index in [2.05, 4.69) is 26.2 Å². The van der Waals surface area contributed by atoms with Gasteiger partial charge in [-0.05, 0) is 46.3 Å². The van der Waals surface area contributed by atoms with E-state index in [1.807, 2.05) is 53.2 Å². The van der Waals surface area contributed by atoms with Crippen LogP contribution < -0.4 is 5.32 Å². The summed E-state index contributed by atoms with van der Waals surface area (Å²) in [6.07, 6.45) is 4.01. The van der Waals surface area contributed by atoms with Crippen LogP contribution in [0.2, 0.25) is 5.02 Å². The number of nitrogens with zero attached hydrogens (tertiary/aromatic N) is 2. The maximum Gasteiger partial charge on any atom is 0.137 e. The van der Waals surface area contributed by atoms with E-state index in [0.29, 0.717) is 11.6 Å². The molecule has 2 heterocycles. The summed E-state index contributed by atoms with van der Waals surface area (Å²) in [6, 6.07) is 11.7. The van der Waals surface area contributed by atoms with Gasteiger partial charge in [-0.1, -0.05) is 17.7 Å². The van der Waals surface area contributed by atoms with E-state index < -0.39 is 0 Å². The first-order valence-electron chi connectivity index (χ1n) is 5.84. The van der Waals surface area contributed by atoms with Gasteiger partial charge >= 0.3 is 0 Å². The number of benzene rings is 1. The molecule has 0 saturated heterocycles. The van der Waals surface area contributed by atoms with Crippen LogP contribution in [-0.4, -0.2) is 9.38 Å². The van der Waals surface area contributed by atoms with Gasteiger partial charge in [-0.15, -0.1) is 0 Å². The minimum absolute atomic E-state index is 0.666. The summed E-state index contributed by atoms with van der Waals surface area (Å²) in [7, 11) is 0. The van der Waals surface area contributed by atoms with Gasteiger partial charge < -0.3 is 9.72 Å². The van der Waals surface area contributed by atoms with Gasteiger partial charge in [-0.2, -0.15) is 0 Å². The maximum atomic E-state index is 6.05. The van der Waals surface area contributed by atoms with Gasteiger partial charge in [-0.25, -0.2) is 4.98 Å². The first-order valence-corrected chi connectivity index (χ1v) is 7.01. The highest BCUT2D eigenvalue weighted by molar-refractivity contribution is 9.10. The first-order chi connectivity index (χ1) is 9.22. The third kappa shape index (κ3) is 2.74. The third-order valence-corrected chi connectivity index (χ3v) is 4.04. The van der Waals surface area contributed by atoms with Crippen molar-refractivity contribution in [3.63, 3.8) is 0 Å². The molecule has 96 valence electrons. The molecule has 3 rings (SSSR count). The number of rotatable bonds is 3. The summed E-state index contributed by atoms with van der Waals surface area (Å²) in [4.78, 5) is 4.53. The molecule has 19 heavy (non-hydrogen) atoms. The van der Waals surface area contributed by atoms with Crippen molar-refractivity contribution in [1.82, 2.24) is 9.38 Å². The molecular weight excluding hydrogens is 326 g/mol. The Bertz CT molecular complexity index is 691. The van der Waals surface area contributed by atoms with Crippen molar-refractivity contribution < 1.29 is 0 Å². The van der Waals surface area contributed by atoms with Gasteiger partial charge in [0.05, 0.1) is 17.3 Å². The summed E-state index contributed by atoms with van der Waals surface area (Å²) < 4.78 is 2.90. The monoisotopic (exact) mass is 335 g/mol. The molecule has 2 aromatic heterocycles. The number of halogens is 2. The van der Waals surface area contributed by atoms with Crippen LogP contribution in [0.25, 0.3) is 5.65 Å². The number of imidazole rings is 1. The molecule has 3 nitrogen and oxygen atoms in total. The number of pyridine rings is 1. The van der Waals surface area contributed by atoms with Crippen LogP contribution in [0.15, 0.2) is 53.3 Å². The Morgan fingerprint density at radius 1 is 1.26 bits per heavy atom. The quantitative estimate of drug-likeness (QED) is 0.770. The number of anilines is 1. The van der Waals surface area contributed by atoms with Crippen molar-refractivity contribution in [3.8, 4) is 0 Å². The highest BCUT2D eigenvalue weighted by Crippen LogP contribution is 2.25. The molecule has 0 fully saturated rings. The zero-order chi connectivity index (χ0) is 13.2. The topological polar surface area (TPSA) is 29.3 Å². The number of hydrogen-bond acceptors (Lipinski definition) is 2. The molecule has 0 saturated carbocycles. The lowest BCUT2D eigenvalue weighted by Crippen LogP contribution is -1.99. The van der Waals surface area contributed by atoms with Crippen molar-refractivity contribution >= 4 is 38.9 Å². The van der Waals surface area contributed by atoms with Crippen molar-refractivity contribution in [2.45, 2.75) is 6.54 Å². The van der Waals surface area contributed by atoms with Gasteiger partial charge in [0.25, 0.3) is 0 Å². The fourth-order valence-corrected chi connectivity index (χ4v) is 2.30. The van der Waals surface area contributed by atoms with Crippen LogP contribution in [0.1, 0.15) is 5.69 Å². The van der Waals surface area contributed by atoms with Gasteiger partial charge in [0.15, 0.2) is 0 Å². The third-order valence-electron chi connectivity index (χ3n) is 2.81. The molecule has 0 spiro atoms. The molecule has 0 aliphatic heterocycles. The highest BCUT2D eigenvalue weighted by atomic mass is 79.9. The second-order valence-corrected chi connectivity index (χ2v) is 5.44. The van der Waals surface area contributed by atoms with Crippen LogP contribution in [0.4, 0.5) is 5.69 Å². The number of hydrogen-bond donors (Lipinski definition) is 1. The van der Waals surface area contributed by atoms with Crippen LogP contribution in [0.3, 0.4) is 0 Å². The average Bonchev–Trinajstić information content (AvgIpc) is 2.83. The number of nitrogens with one attached hydrogen (secondary N) is 1. The first kappa shape index (κ1) is 12.5. The fraction of sp³-hybridized carbons (Fsp3) is 0.0714. The molecule has 0 radical (unpaired) electrons. The Balaban J connectivity index is 1.76. The van der Waals surface area contributed by atoms with E-state index in [4.69, 9.17) is 11.6 Å². The molecule has 1 aromatic carbocycles.